The fraction of sp³-hybridized carbons (Fsp3) is 0.400. The second-order valence-corrected chi connectivity index (χ2v) is 4.33. The Bertz CT molecular complexity index is 323. The van der Waals surface area contributed by atoms with E-state index in [0.29, 0.717) is 6.04 Å². The van der Waals surface area contributed by atoms with E-state index in [0.717, 1.165) is 29.5 Å². The summed E-state index contributed by atoms with van der Waals surface area (Å²) in [6, 6.07) is 6.39. The molecule has 1 aromatic heterocycles. The average molecular weight is 207 g/mol. The number of nitrogens with zero attached hydrogens (tertiary/aromatic N) is 2. The molecule has 2 N–H and O–H groups in total. The van der Waals surface area contributed by atoms with Gasteiger partial charge in [0.05, 0.1) is 6.04 Å². The predicted molar refractivity (Wildman–Crippen MR) is 60.4 cm³/mol. The molecular formula is C10H13N3S. The first-order valence-corrected chi connectivity index (χ1v) is 5.69. The van der Waals surface area contributed by atoms with Gasteiger partial charge in [-0.1, -0.05) is 17.8 Å². The molecule has 1 aliphatic heterocycles. The highest BCUT2D eigenvalue weighted by molar-refractivity contribution is 8.14. The smallest absolute Gasteiger partial charge is 0.154 e. The second-order valence-electron chi connectivity index (χ2n) is 3.29. The predicted octanol–water partition coefficient (Wildman–Crippen LogP) is 1.44. The second kappa shape index (κ2) is 4.46. The number of aromatic nitrogens is 1. The van der Waals surface area contributed by atoms with Gasteiger partial charge >= 0.3 is 0 Å². The van der Waals surface area contributed by atoms with Crippen LogP contribution in [0.3, 0.4) is 0 Å². The van der Waals surface area contributed by atoms with Gasteiger partial charge < -0.3 is 5.73 Å². The first-order chi connectivity index (χ1) is 6.84. The molecule has 2 heterocycles. The topological polar surface area (TPSA) is 51.3 Å². The molecule has 0 amide bonds. The maximum atomic E-state index is 5.59. The molecule has 0 saturated heterocycles. The lowest BCUT2D eigenvalue weighted by Crippen LogP contribution is -2.06. The van der Waals surface area contributed by atoms with Crippen LogP contribution in [-0.4, -0.2) is 21.9 Å². The van der Waals surface area contributed by atoms with Crippen molar-refractivity contribution in [2.75, 3.05) is 5.75 Å². The first kappa shape index (κ1) is 9.52. The Morgan fingerprint density at radius 3 is 3.07 bits per heavy atom. The Labute approximate surface area is 87.8 Å². The quantitative estimate of drug-likeness (QED) is 0.816. The normalized spacial score (nSPS) is 20.9. The van der Waals surface area contributed by atoms with Crippen molar-refractivity contribution in [2.45, 2.75) is 18.9 Å². The lowest BCUT2D eigenvalue weighted by molar-refractivity contribution is 0.676. The van der Waals surface area contributed by atoms with Crippen molar-refractivity contribution in [3.05, 3.63) is 30.1 Å². The van der Waals surface area contributed by atoms with Crippen LogP contribution >= 0.6 is 11.8 Å². The summed E-state index contributed by atoms with van der Waals surface area (Å²) >= 11 is 1.65. The summed E-state index contributed by atoms with van der Waals surface area (Å²) < 4.78 is 0. The molecule has 0 spiro atoms. The highest BCUT2D eigenvalue weighted by Crippen LogP contribution is 2.18. The van der Waals surface area contributed by atoms with Crippen molar-refractivity contribution in [2.24, 2.45) is 10.7 Å². The molecule has 0 aromatic carbocycles. The summed E-state index contributed by atoms with van der Waals surface area (Å²) in [6.45, 7) is 0. The molecule has 2 rings (SSSR count). The molecule has 0 unspecified atom stereocenters. The number of rotatable bonds is 3. The van der Waals surface area contributed by atoms with Gasteiger partial charge in [0.2, 0.25) is 0 Å². The van der Waals surface area contributed by atoms with Crippen LogP contribution in [0.5, 0.6) is 0 Å². The third-order valence-corrected chi connectivity index (χ3v) is 3.15. The molecule has 3 nitrogen and oxygen atoms in total. The van der Waals surface area contributed by atoms with Crippen LogP contribution in [0, 0.1) is 0 Å². The number of hydrogen-bond acceptors (Lipinski definition) is 4. The number of aliphatic imine (C=N–C) groups is 1. The summed E-state index contributed by atoms with van der Waals surface area (Å²) in [5.41, 5.74) is 6.73. The number of pyridine rings is 1. The van der Waals surface area contributed by atoms with Gasteiger partial charge in [-0.05, 0) is 25.0 Å². The van der Waals surface area contributed by atoms with Crippen molar-refractivity contribution < 1.29 is 0 Å². The van der Waals surface area contributed by atoms with E-state index in [1.54, 1.807) is 11.8 Å². The van der Waals surface area contributed by atoms with Gasteiger partial charge in [0, 0.05) is 17.6 Å². The Morgan fingerprint density at radius 2 is 2.43 bits per heavy atom. The van der Waals surface area contributed by atoms with E-state index < -0.39 is 0 Å². The number of hydrogen-bond donors (Lipinski definition) is 1. The zero-order valence-electron chi connectivity index (χ0n) is 7.89. The molecule has 0 radical (unpaired) electrons. The zero-order valence-corrected chi connectivity index (χ0v) is 8.70. The number of aryl methyl sites for hydroxylation is 1. The van der Waals surface area contributed by atoms with E-state index in [1.165, 1.54) is 0 Å². The van der Waals surface area contributed by atoms with E-state index in [1.807, 2.05) is 18.3 Å². The highest BCUT2D eigenvalue weighted by atomic mass is 32.2. The monoisotopic (exact) mass is 207 g/mol. The van der Waals surface area contributed by atoms with Crippen molar-refractivity contribution >= 4 is 16.9 Å². The van der Waals surface area contributed by atoms with Crippen LogP contribution < -0.4 is 5.73 Å². The van der Waals surface area contributed by atoms with Gasteiger partial charge in [0.1, 0.15) is 0 Å². The Hall–Kier alpha value is -1.03. The van der Waals surface area contributed by atoms with Crippen molar-refractivity contribution in [1.29, 1.82) is 0 Å². The molecule has 1 aliphatic rings. The van der Waals surface area contributed by atoms with E-state index in [9.17, 15) is 0 Å². The van der Waals surface area contributed by atoms with E-state index >= 15 is 0 Å². The zero-order chi connectivity index (χ0) is 9.80. The Morgan fingerprint density at radius 1 is 1.50 bits per heavy atom. The van der Waals surface area contributed by atoms with Gasteiger partial charge in [-0.25, -0.2) is 0 Å². The molecule has 74 valence electrons. The lowest BCUT2D eigenvalue weighted by atomic mass is 10.1. The molecule has 0 bridgehead atoms. The molecule has 0 saturated carbocycles. The van der Waals surface area contributed by atoms with Crippen LogP contribution in [-0.2, 0) is 6.42 Å². The number of nitrogens with two attached hydrogens (primary N) is 1. The van der Waals surface area contributed by atoms with Crippen LogP contribution in [0.1, 0.15) is 12.1 Å². The minimum Gasteiger partial charge on any atom is -0.379 e. The van der Waals surface area contributed by atoms with Crippen LogP contribution in [0.4, 0.5) is 0 Å². The van der Waals surface area contributed by atoms with Crippen LogP contribution in [0.25, 0.3) is 0 Å². The summed E-state index contributed by atoms with van der Waals surface area (Å²) in [5.74, 6) is 1.03. The van der Waals surface area contributed by atoms with E-state index in [-0.39, 0.29) is 0 Å². The van der Waals surface area contributed by atoms with Gasteiger partial charge in [0.25, 0.3) is 0 Å². The standard InChI is InChI=1S/C10H13N3S/c11-10-13-9(7-14-10)5-4-8-3-1-2-6-12-8/h1-3,6,9H,4-5,7H2,(H2,11,13)/t9-/m1/s1. The summed E-state index contributed by atoms with van der Waals surface area (Å²) in [6.07, 6.45) is 3.87. The number of thioether (sulfide) groups is 1. The largest absolute Gasteiger partial charge is 0.379 e. The average Bonchev–Trinajstić information content (AvgIpc) is 2.63. The first-order valence-electron chi connectivity index (χ1n) is 4.70. The molecule has 4 heteroatoms. The van der Waals surface area contributed by atoms with Crippen molar-refractivity contribution in [3.63, 3.8) is 0 Å². The summed E-state index contributed by atoms with van der Waals surface area (Å²) in [5, 5.41) is 0.732. The highest BCUT2D eigenvalue weighted by Gasteiger charge is 2.15. The molecule has 1 atom stereocenters. The maximum Gasteiger partial charge on any atom is 0.154 e. The van der Waals surface area contributed by atoms with E-state index in [4.69, 9.17) is 5.73 Å². The SMILES string of the molecule is NC1=N[C@H](CCc2ccccn2)CS1. The third-order valence-electron chi connectivity index (χ3n) is 2.19. The maximum absolute atomic E-state index is 5.59. The molecule has 1 aromatic rings. The fourth-order valence-corrected chi connectivity index (χ4v) is 2.27. The summed E-state index contributed by atoms with van der Waals surface area (Å²) in [7, 11) is 0. The van der Waals surface area contributed by atoms with E-state index in [2.05, 4.69) is 16.0 Å². The Kier molecular flexibility index (Phi) is 3.03. The minimum absolute atomic E-state index is 0.391. The summed E-state index contributed by atoms with van der Waals surface area (Å²) in [4.78, 5) is 8.61. The molecule has 0 aliphatic carbocycles. The minimum atomic E-state index is 0.391. The van der Waals surface area contributed by atoms with Gasteiger partial charge in [-0.3, -0.25) is 9.98 Å². The van der Waals surface area contributed by atoms with Crippen molar-refractivity contribution in [3.8, 4) is 0 Å². The van der Waals surface area contributed by atoms with Gasteiger partial charge in [-0.2, -0.15) is 0 Å². The molecular weight excluding hydrogens is 194 g/mol. The van der Waals surface area contributed by atoms with Gasteiger partial charge in [0.15, 0.2) is 5.17 Å². The van der Waals surface area contributed by atoms with Gasteiger partial charge in [-0.15, -0.1) is 0 Å². The third kappa shape index (κ3) is 2.48. The number of amidine groups is 1. The Balaban J connectivity index is 1.84. The molecule has 14 heavy (non-hydrogen) atoms. The molecule has 0 fully saturated rings. The van der Waals surface area contributed by atoms with Crippen molar-refractivity contribution in [1.82, 2.24) is 4.98 Å². The lowest BCUT2D eigenvalue weighted by Gasteiger charge is -2.04. The van der Waals surface area contributed by atoms with Crippen LogP contribution in [0.2, 0.25) is 0 Å². The fourth-order valence-electron chi connectivity index (χ4n) is 1.44. The van der Waals surface area contributed by atoms with Crippen LogP contribution in [0.15, 0.2) is 29.4 Å².